The van der Waals surface area contributed by atoms with Crippen LogP contribution in [0.1, 0.15) is 5.56 Å². The molecule has 1 unspecified atom stereocenters. The van der Waals surface area contributed by atoms with Crippen molar-refractivity contribution in [2.75, 3.05) is 39.3 Å². The van der Waals surface area contributed by atoms with Crippen LogP contribution in [0.5, 0.6) is 0 Å². The van der Waals surface area contributed by atoms with E-state index in [0.717, 1.165) is 44.9 Å². The lowest BCUT2D eigenvalue weighted by molar-refractivity contribution is -0.137. The van der Waals surface area contributed by atoms with Gasteiger partial charge >= 0.3 is 6.18 Å². The molecule has 5 nitrogen and oxygen atoms in total. The van der Waals surface area contributed by atoms with Gasteiger partial charge in [-0.15, -0.1) is 0 Å². The van der Waals surface area contributed by atoms with Gasteiger partial charge in [0.15, 0.2) is 0 Å². The Balaban J connectivity index is 1.70. The van der Waals surface area contributed by atoms with Gasteiger partial charge in [-0.1, -0.05) is 6.07 Å². The van der Waals surface area contributed by atoms with Crippen molar-refractivity contribution in [3.05, 3.63) is 29.8 Å². The first-order chi connectivity index (χ1) is 10.8. The van der Waals surface area contributed by atoms with Gasteiger partial charge in [0.05, 0.1) is 10.5 Å². The summed E-state index contributed by atoms with van der Waals surface area (Å²) in [6, 6.07) is 3.87. The van der Waals surface area contributed by atoms with Crippen molar-refractivity contribution in [1.82, 2.24) is 14.5 Å². The Bertz CT molecular complexity index is 670. The lowest BCUT2D eigenvalue weighted by Gasteiger charge is -2.47. The monoisotopic (exact) mass is 349 g/mol. The zero-order valence-electron chi connectivity index (χ0n) is 12.4. The van der Waals surface area contributed by atoms with Crippen molar-refractivity contribution in [2.24, 2.45) is 0 Å². The Morgan fingerprint density at radius 2 is 1.87 bits per heavy atom. The van der Waals surface area contributed by atoms with Crippen LogP contribution in [0, 0.1) is 0 Å². The zero-order chi connectivity index (χ0) is 16.7. The molecule has 1 aromatic rings. The highest BCUT2D eigenvalue weighted by Gasteiger charge is 2.34. The first-order valence-electron chi connectivity index (χ1n) is 7.39. The number of benzene rings is 1. The van der Waals surface area contributed by atoms with Crippen molar-refractivity contribution >= 4 is 10.0 Å². The number of nitrogens with one attached hydrogen (secondary N) is 1. The van der Waals surface area contributed by atoms with Gasteiger partial charge in [-0.05, 0) is 18.2 Å². The minimum Gasteiger partial charge on any atom is -0.299 e. The summed E-state index contributed by atoms with van der Waals surface area (Å²) in [5, 5.41) is 0. The summed E-state index contributed by atoms with van der Waals surface area (Å²) in [4.78, 5) is 4.13. The predicted molar refractivity (Wildman–Crippen MR) is 78.4 cm³/mol. The average molecular weight is 349 g/mol. The van der Waals surface area contributed by atoms with Crippen molar-refractivity contribution in [3.8, 4) is 0 Å². The number of rotatable bonds is 4. The van der Waals surface area contributed by atoms with Crippen LogP contribution in [0.4, 0.5) is 13.2 Å². The van der Waals surface area contributed by atoms with E-state index >= 15 is 0 Å². The molecule has 0 saturated carbocycles. The molecule has 3 aliphatic heterocycles. The number of hydrogen-bond donors (Lipinski definition) is 1. The SMILES string of the molecule is O=S(=O)(NCC1CN2CCN1CC2)c1cccc(C(F)(F)F)c1. The fraction of sp³-hybridized carbons (Fsp3) is 0.571. The van der Waals surface area contributed by atoms with Crippen molar-refractivity contribution in [3.63, 3.8) is 0 Å². The standard InChI is InChI=1S/C14H18F3N3O2S/c15-14(16,17)11-2-1-3-13(8-11)23(21,22)18-9-12-10-19-4-6-20(12)7-5-19/h1-3,8,12,18H,4-7,9-10H2. The van der Waals surface area contributed by atoms with Gasteiger partial charge in [0, 0.05) is 45.3 Å². The van der Waals surface area contributed by atoms with E-state index in [4.69, 9.17) is 0 Å². The van der Waals surface area contributed by atoms with E-state index in [-0.39, 0.29) is 17.5 Å². The van der Waals surface area contributed by atoms with E-state index in [9.17, 15) is 21.6 Å². The highest BCUT2D eigenvalue weighted by Crippen LogP contribution is 2.30. The maximum absolute atomic E-state index is 12.7. The molecule has 23 heavy (non-hydrogen) atoms. The van der Waals surface area contributed by atoms with Crippen LogP contribution < -0.4 is 4.72 Å². The van der Waals surface area contributed by atoms with E-state index in [1.54, 1.807) is 0 Å². The van der Waals surface area contributed by atoms with Crippen LogP contribution in [0.3, 0.4) is 0 Å². The number of hydrogen-bond acceptors (Lipinski definition) is 4. The molecule has 9 heteroatoms. The second-order valence-electron chi connectivity index (χ2n) is 5.87. The lowest BCUT2D eigenvalue weighted by Crippen LogP contribution is -2.63. The van der Waals surface area contributed by atoms with Crippen LogP contribution >= 0.6 is 0 Å². The molecule has 128 valence electrons. The van der Waals surface area contributed by atoms with Gasteiger partial charge in [0.1, 0.15) is 0 Å². The second-order valence-corrected chi connectivity index (χ2v) is 7.63. The maximum atomic E-state index is 12.7. The molecule has 0 radical (unpaired) electrons. The molecular formula is C14H18F3N3O2S. The van der Waals surface area contributed by atoms with Crippen molar-refractivity contribution in [2.45, 2.75) is 17.1 Å². The molecule has 3 heterocycles. The Morgan fingerprint density at radius 1 is 1.17 bits per heavy atom. The van der Waals surface area contributed by atoms with E-state index < -0.39 is 21.8 Å². The van der Waals surface area contributed by atoms with Gasteiger partial charge in [-0.2, -0.15) is 13.2 Å². The van der Waals surface area contributed by atoms with E-state index in [1.165, 1.54) is 6.07 Å². The molecule has 0 amide bonds. The Kier molecular flexibility index (Phi) is 4.39. The summed E-state index contributed by atoms with van der Waals surface area (Å²) in [7, 11) is -3.95. The molecule has 3 aliphatic rings. The van der Waals surface area contributed by atoms with Gasteiger partial charge in [0.25, 0.3) is 0 Å². The molecular weight excluding hydrogens is 331 g/mol. The summed E-state index contributed by atoms with van der Waals surface area (Å²) in [5.74, 6) is 0. The molecule has 1 atom stereocenters. The van der Waals surface area contributed by atoms with Crippen LogP contribution in [0.15, 0.2) is 29.2 Å². The summed E-state index contributed by atoms with van der Waals surface area (Å²) in [6.45, 7) is 4.75. The Labute approximate surface area is 133 Å². The average Bonchev–Trinajstić information content (AvgIpc) is 2.53. The normalized spacial score (nSPS) is 28.0. The van der Waals surface area contributed by atoms with Crippen LogP contribution in [0.2, 0.25) is 0 Å². The van der Waals surface area contributed by atoms with Gasteiger partial charge in [-0.3, -0.25) is 9.80 Å². The molecule has 3 fully saturated rings. The molecule has 4 rings (SSSR count). The highest BCUT2D eigenvalue weighted by molar-refractivity contribution is 7.89. The number of nitrogens with zero attached hydrogens (tertiary/aromatic N) is 2. The smallest absolute Gasteiger partial charge is 0.299 e. The fourth-order valence-electron chi connectivity index (χ4n) is 3.05. The third-order valence-corrected chi connectivity index (χ3v) is 5.79. The number of sulfonamides is 1. The quantitative estimate of drug-likeness (QED) is 0.881. The first-order valence-corrected chi connectivity index (χ1v) is 8.87. The molecule has 1 N–H and O–H groups in total. The van der Waals surface area contributed by atoms with Gasteiger partial charge < -0.3 is 0 Å². The zero-order valence-corrected chi connectivity index (χ0v) is 13.2. The molecule has 3 saturated heterocycles. The maximum Gasteiger partial charge on any atom is 0.416 e. The van der Waals surface area contributed by atoms with E-state index in [0.29, 0.717) is 6.07 Å². The topological polar surface area (TPSA) is 52.7 Å². The molecule has 0 spiro atoms. The largest absolute Gasteiger partial charge is 0.416 e. The third kappa shape index (κ3) is 3.68. The minimum atomic E-state index is -4.56. The molecule has 2 bridgehead atoms. The summed E-state index contributed by atoms with van der Waals surface area (Å²) in [5.41, 5.74) is -0.966. The van der Waals surface area contributed by atoms with Crippen molar-refractivity contribution in [1.29, 1.82) is 0 Å². The van der Waals surface area contributed by atoms with Crippen LogP contribution in [-0.2, 0) is 16.2 Å². The van der Waals surface area contributed by atoms with Gasteiger partial charge in [-0.25, -0.2) is 13.1 Å². The third-order valence-electron chi connectivity index (χ3n) is 4.37. The van der Waals surface area contributed by atoms with Crippen LogP contribution in [0.25, 0.3) is 0 Å². The highest BCUT2D eigenvalue weighted by atomic mass is 32.2. The minimum absolute atomic E-state index is 0.0677. The summed E-state index contributed by atoms with van der Waals surface area (Å²) >= 11 is 0. The number of piperazine rings is 3. The number of alkyl halides is 3. The van der Waals surface area contributed by atoms with Crippen molar-refractivity contribution < 1.29 is 21.6 Å². The molecule has 0 aliphatic carbocycles. The number of halogens is 3. The first kappa shape index (κ1) is 16.7. The van der Waals surface area contributed by atoms with Gasteiger partial charge in [0.2, 0.25) is 10.0 Å². The fourth-order valence-corrected chi connectivity index (χ4v) is 4.17. The van der Waals surface area contributed by atoms with E-state index in [2.05, 4.69) is 14.5 Å². The van der Waals surface area contributed by atoms with Crippen LogP contribution in [-0.4, -0.2) is 63.5 Å². The molecule has 1 aromatic carbocycles. The predicted octanol–water partition coefficient (Wildman–Crippen LogP) is 0.984. The summed E-state index contributed by atoms with van der Waals surface area (Å²) in [6.07, 6.45) is -4.56. The Hall–Kier alpha value is -1.16. The number of fused-ring (bicyclic) bond motifs is 3. The lowest BCUT2D eigenvalue weighted by atomic mass is 10.1. The molecule has 0 aromatic heterocycles. The second kappa shape index (κ2) is 6.04. The Morgan fingerprint density at radius 3 is 2.43 bits per heavy atom. The van der Waals surface area contributed by atoms with E-state index in [1.807, 2.05) is 0 Å². The summed E-state index contributed by atoms with van der Waals surface area (Å²) < 4.78 is 65.1.